The van der Waals surface area contributed by atoms with Crippen molar-refractivity contribution in [2.75, 3.05) is 0 Å². The summed E-state index contributed by atoms with van der Waals surface area (Å²) >= 11 is 0. The molecular formula is C18H17N3. The van der Waals surface area contributed by atoms with Crippen LogP contribution in [0.3, 0.4) is 0 Å². The van der Waals surface area contributed by atoms with Gasteiger partial charge in [0.1, 0.15) is 0 Å². The highest BCUT2D eigenvalue weighted by molar-refractivity contribution is 5.79. The van der Waals surface area contributed by atoms with Crippen molar-refractivity contribution in [3.05, 3.63) is 66.5 Å². The Balaban J connectivity index is 1.64. The topological polar surface area (TPSA) is 38.1 Å². The first-order chi connectivity index (χ1) is 10.2. The molecule has 1 aliphatic heterocycles. The molecule has 21 heavy (non-hydrogen) atoms. The van der Waals surface area contributed by atoms with Crippen molar-refractivity contribution < 1.29 is 0 Å². The molecule has 0 atom stereocenters. The highest BCUT2D eigenvalue weighted by atomic mass is 15.1. The molecule has 1 aromatic carbocycles. The van der Waals surface area contributed by atoms with E-state index in [2.05, 4.69) is 46.5 Å². The number of allylic oxidation sites excluding steroid dienone is 2. The summed E-state index contributed by atoms with van der Waals surface area (Å²) < 4.78 is 0. The number of nitrogens with zero attached hydrogens (tertiary/aromatic N) is 3. The van der Waals surface area contributed by atoms with E-state index in [1.165, 1.54) is 5.56 Å². The van der Waals surface area contributed by atoms with Gasteiger partial charge in [0.25, 0.3) is 0 Å². The minimum atomic E-state index is 0.866. The third-order valence-electron chi connectivity index (χ3n) is 3.76. The Morgan fingerprint density at radius 1 is 1.00 bits per heavy atom. The molecule has 0 bridgehead atoms. The molecule has 2 heterocycles. The number of aliphatic imine (C=N–C) groups is 1. The SMILES string of the molecule is C=C(CCC(=C)c1ccc2c(c1)N=CC2)c1ccnnc1. The summed E-state index contributed by atoms with van der Waals surface area (Å²) in [6.07, 6.45) is 8.07. The van der Waals surface area contributed by atoms with Crippen LogP contribution in [0.5, 0.6) is 0 Å². The van der Waals surface area contributed by atoms with Crippen LogP contribution in [0.4, 0.5) is 5.69 Å². The smallest absolute Gasteiger partial charge is 0.0667 e. The van der Waals surface area contributed by atoms with Crippen molar-refractivity contribution in [2.24, 2.45) is 4.99 Å². The first-order valence-electron chi connectivity index (χ1n) is 7.02. The van der Waals surface area contributed by atoms with E-state index in [-0.39, 0.29) is 0 Å². The Morgan fingerprint density at radius 2 is 1.81 bits per heavy atom. The van der Waals surface area contributed by atoms with Crippen molar-refractivity contribution >= 4 is 23.0 Å². The number of hydrogen-bond acceptors (Lipinski definition) is 3. The van der Waals surface area contributed by atoms with E-state index in [1.54, 1.807) is 12.4 Å². The fourth-order valence-electron chi connectivity index (χ4n) is 2.41. The van der Waals surface area contributed by atoms with E-state index in [9.17, 15) is 0 Å². The van der Waals surface area contributed by atoms with Crippen molar-refractivity contribution in [3.8, 4) is 0 Å². The second-order valence-corrected chi connectivity index (χ2v) is 5.20. The largest absolute Gasteiger partial charge is 0.261 e. The molecule has 104 valence electrons. The molecule has 0 amide bonds. The third kappa shape index (κ3) is 2.97. The third-order valence-corrected chi connectivity index (χ3v) is 3.76. The molecule has 3 nitrogen and oxygen atoms in total. The van der Waals surface area contributed by atoms with Gasteiger partial charge in [-0.3, -0.25) is 4.99 Å². The van der Waals surface area contributed by atoms with Crippen LogP contribution in [0, 0.1) is 0 Å². The molecule has 0 aliphatic carbocycles. The maximum absolute atomic E-state index is 4.39. The molecule has 2 aromatic rings. The average Bonchev–Trinajstić information content (AvgIpc) is 3.00. The van der Waals surface area contributed by atoms with Gasteiger partial charge < -0.3 is 0 Å². The van der Waals surface area contributed by atoms with Gasteiger partial charge in [0.05, 0.1) is 18.1 Å². The maximum Gasteiger partial charge on any atom is 0.0667 e. The standard InChI is InChI=1S/C18H17N3/c1-13(3-4-14(2)17-8-10-20-21-12-17)16-6-5-15-7-9-19-18(15)11-16/h5-6,8-12H,1-4,7H2. The molecule has 3 rings (SSSR count). The molecule has 0 fully saturated rings. The zero-order valence-electron chi connectivity index (χ0n) is 11.9. The predicted molar refractivity (Wildman–Crippen MR) is 87.6 cm³/mol. The lowest BCUT2D eigenvalue weighted by atomic mass is 9.96. The molecule has 0 N–H and O–H groups in total. The molecule has 0 spiro atoms. The van der Waals surface area contributed by atoms with Crippen LogP contribution < -0.4 is 0 Å². The zero-order chi connectivity index (χ0) is 14.7. The van der Waals surface area contributed by atoms with E-state index in [4.69, 9.17) is 0 Å². The quantitative estimate of drug-likeness (QED) is 0.818. The summed E-state index contributed by atoms with van der Waals surface area (Å²) in [5.74, 6) is 0. The van der Waals surface area contributed by atoms with E-state index >= 15 is 0 Å². The minimum Gasteiger partial charge on any atom is -0.261 e. The van der Waals surface area contributed by atoms with Crippen LogP contribution in [0.15, 0.2) is 54.8 Å². The first-order valence-corrected chi connectivity index (χ1v) is 7.02. The average molecular weight is 275 g/mol. The van der Waals surface area contributed by atoms with Gasteiger partial charge in [-0.15, -0.1) is 0 Å². The molecule has 1 aromatic heterocycles. The molecule has 1 aliphatic rings. The summed E-state index contributed by atoms with van der Waals surface area (Å²) in [5.41, 5.74) is 6.74. The fraction of sp³-hybridized carbons (Fsp3) is 0.167. The van der Waals surface area contributed by atoms with Gasteiger partial charge in [0.15, 0.2) is 0 Å². The van der Waals surface area contributed by atoms with Crippen molar-refractivity contribution in [1.29, 1.82) is 0 Å². The summed E-state index contributed by atoms with van der Waals surface area (Å²) in [6.45, 7) is 8.31. The molecule has 0 radical (unpaired) electrons. The van der Waals surface area contributed by atoms with Gasteiger partial charge >= 0.3 is 0 Å². The lowest BCUT2D eigenvalue weighted by molar-refractivity contribution is 1.01. The number of aromatic nitrogens is 2. The van der Waals surface area contributed by atoms with Crippen LogP contribution in [0.1, 0.15) is 29.5 Å². The minimum absolute atomic E-state index is 0.866. The van der Waals surface area contributed by atoms with Crippen LogP contribution in [-0.4, -0.2) is 16.4 Å². The summed E-state index contributed by atoms with van der Waals surface area (Å²) in [7, 11) is 0. The van der Waals surface area contributed by atoms with Gasteiger partial charge in [0, 0.05) is 12.6 Å². The lowest BCUT2D eigenvalue weighted by Gasteiger charge is -2.09. The van der Waals surface area contributed by atoms with Gasteiger partial charge in [-0.2, -0.15) is 10.2 Å². The highest BCUT2D eigenvalue weighted by Crippen LogP contribution is 2.30. The fourth-order valence-corrected chi connectivity index (χ4v) is 2.41. The van der Waals surface area contributed by atoms with E-state index in [1.807, 2.05) is 12.3 Å². The van der Waals surface area contributed by atoms with Crippen molar-refractivity contribution in [1.82, 2.24) is 10.2 Å². The molecule has 3 heteroatoms. The molecule has 0 saturated carbocycles. The molecule has 0 unspecified atom stereocenters. The summed E-state index contributed by atoms with van der Waals surface area (Å²) in [5, 5.41) is 7.66. The second kappa shape index (κ2) is 5.83. The second-order valence-electron chi connectivity index (χ2n) is 5.20. The zero-order valence-corrected chi connectivity index (χ0v) is 11.9. The van der Waals surface area contributed by atoms with Gasteiger partial charge in [-0.1, -0.05) is 25.3 Å². The Morgan fingerprint density at radius 3 is 2.57 bits per heavy atom. The van der Waals surface area contributed by atoms with Gasteiger partial charge in [-0.05, 0) is 52.8 Å². The Bertz CT molecular complexity index is 714. The van der Waals surface area contributed by atoms with Gasteiger partial charge in [0.2, 0.25) is 0 Å². The Hall–Kier alpha value is -2.55. The van der Waals surface area contributed by atoms with E-state index in [0.29, 0.717) is 0 Å². The number of hydrogen-bond donors (Lipinski definition) is 0. The normalized spacial score (nSPS) is 12.2. The number of rotatable bonds is 5. The van der Waals surface area contributed by atoms with Crippen molar-refractivity contribution in [2.45, 2.75) is 19.3 Å². The van der Waals surface area contributed by atoms with Crippen LogP contribution >= 0.6 is 0 Å². The van der Waals surface area contributed by atoms with Gasteiger partial charge in [-0.25, -0.2) is 0 Å². The Labute approximate surface area is 124 Å². The molecule has 0 saturated heterocycles. The number of fused-ring (bicyclic) bond motifs is 1. The monoisotopic (exact) mass is 275 g/mol. The van der Waals surface area contributed by atoms with Crippen LogP contribution in [-0.2, 0) is 6.42 Å². The predicted octanol–water partition coefficient (Wildman–Crippen LogP) is 4.24. The molecular weight excluding hydrogens is 258 g/mol. The number of benzene rings is 1. The maximum atomic E-state index is 4.39. The van der Waals surface area contributed by atoms with E-state index < -0.39 is 0 Å². The van der Waals surface area contributed by atoms with Crippen LogP contribution in [0.25, 0.3) is 11.1 Å². The first kappa shape index (κ1) is 13.4. The van der Waals surface area contributed by atoms with E-state index in [0.717, 1.165) is 47.2 Å². The van der Waals surface area contributed by atoms with Crippen molar-refractivity contribution in [3.63, 3.8) is 0 Å². The Kier molecular flexibility index (Phi) is 3.73. The summed E-state index contributed by atoms with van der Waals surface area (Å²) in [6, 6.07) is 8.33. The highest BCUT2D eigenvalue weighted by Gasteiger charge is 2.09. The van der Waals surface area contributed by atoms with Crippen LogP contribution in [0.2, 0.25) is 0 Å². The summed E-state index contributed by atoms with van der Waals surface area (Å²) in [4.78, 5) is 4.39. The lowest BCUT2D eigenvalue weighted by Crippen LogP contribution is -1.89.